The van der Waals surface area contributed by atoms with Gasteiger partial charge >= 0.3 is 0 Å². The van der Waals surface area contributed by atoms with E-state index in [1.165, 1.54) is 55.3 Å². The zero-order valence-electron chi connectivity index (χ0n) is 33.7. The lowest BCUT2D eigenvalue weighted by molar-refractivity contribution is 0.668. The summed E-state index contributed by atoms with van der Waals surface area (Å²) in [6, 6.07) is 83.8. The first-order chi connectivity index (χ1) is 30.8. The lowest BCUT2D eigenvalue weighted by Gasteiger charge is -2.40. The maximum absolute atomic E-state index is 7.00. The molecule has 2 aliphatic carbocycles. The van der Waals surface area contributed by atoms with Crippen molar-refractivity contribution in [3.8, 4) is 22.3 Å². The zero-order chi connectivity index (χ0) is 40.8. The molecular formula is C59H38N2O. The monoisotopic (exact) mass is 790 g/mol. The van der Waals surface area contributed by atoms with E-state index in [0.717, 1.165) is 56.1 Å². The molecule has 0 amide bonds. The number of nitrogens with zero attached hydrogens (tertiary/aromatic N) is 2. The number of benzene rings is 10. The Morgan fingerprint density at radius 3 is 1.40 bits per heavy atom. The van der Waals surface area contributed by atoms with Crippen LogP contribution >= 0.6 is 0 Å². The smallest absolute Gasteiger partial charge is 0.137 e. The Kier molecular flexibility index (Phi) is 7.52. The Morgan fingerprint density at radius 2 is 0.806 bits per heavy atom. The highest BCUT2D eigenvalue weighted by Crippen LogP contribution is 2.63. The fourth-order valence-electron chi connectivity index (χ4n) is 10.7. The molecule has 0 saturated carbocycles. The summed E-state index contributed by atoms with van der Waals surface area (Å²) in [7, 11) is 0. The van der Waals surface area contributed by atoms with Gasteiger partial charge in [-0.05, 0) is 129 Å². The van der Waals surface area contributed by atoms with E-state index in [2.05, 4.69) is 240 Å². The fourth-order valence-corrected chi connectivity index (χ4v) is 10.7. The summed E-state index contributed by atoms with van der Waals surface area (Å²) in [6.07, 6.45) is 0. The molecule has 0 saturated heterocycles. The van der Waals surface area contributed by atoms with E-state index < -0.39 is 5.41 Å². The van der Waals surface area contributed by atoms with E-state index in [4.69, 9.17) is 4.42 Å². The van der Waals surface area contributed by atoms with E-state index >= 15 is 0 Å². The Morgan fingerprint density at radius 1 is 0.290 bits per heavy atom. The highest BCUT2D eigenvalue weighted by molar-refractivity contribution is 6.15. The Bertz CT molecular complexity index is 3400. The predicted molar refractivity (Wildman–Crippen MR) is 257 cm³/mol. The molecule has 290 valence electrons. The van der Waals surface area contributed by atoms with Crippen LogP contribution in [0, 0.1) is 0 Å². The van der Waals surface area contributed by atoms with Gasteiger partial charge in [0.2, 0.25) is 0 Å². The molecule has 0 radical (unpaired) electrons. The molecule has 62 heavy (non-hydrogen) atoms. The maximum atomic E-state index is 7.00. The zero-order valence-corrected chi connectivity index (χ0v) is 33.7. The van der Waals surface area contributed by atoms with Crippen molar-refractivity contribution in [2.75, 3.05) is 9.80 Å². The molecule has 0 N–H and O–H groups in total. The highest BCUT2D eigenvalue weighted by atomic mass is 16.3. The lowest BCUT2D eigenvalue weighted by atomic mass is 9.61. The first-order valence-corrected chi connectivity index (χ1v) is 21.3. The van der Waals surface area contributed by atoms with E-state index in [0.29, 0.717) is 0 Å². The standard InChI is InChI=1S/C59H38N2O/c1-5-18-39(19-6-1)60(40-20-7-2-8-21-40)43-32-33-46-50-37-54-49(38-57(50)62-56(46)36-43)47-34-35-55(61(41-22-9-3-10-23-41)42-24-11-4-12-25-42)48-28-17-31-53(58(47)48)59(54)51-29-15-13-26-44(51)45-27-14-16-30-52(45)59/h1-38H. The topological polar surface area (TPSA) is 19.6 Å². The first-order valence-electron chi connectivity index (χ1n) is 21.3. The third-order valence-electron chi connectivity index (χ3n) is 13.2. The summed E-state index contributed by atoms with van der Waals surface area (Å²) in [5, 5.41) is 4.68. The number of para-hydroxylation sites is 4. The van der Waals surface area contributed by atoms with Crippen molar-refractivity contribution in [1.29, 1.82) is 0 Å². The lowest BCUT2D eigenvalue weighted by Crippen LogP contribution is -2.32. The van der Waals surface area contributed by atoms with Crippen molar-refractivity contribution in [3.63, 3.8) is 0 Å². The van der Waals surface area contributed by atoms with Gasteiger partial charge in [-0.25, -0.2) is 0 Å². The van der Waals surface area contributed by atoms with Gasteiger partial charge in [-0.1, -0.05) is 146 Å². The van der Waals surface area contributed by atoms with E-state index in [1.54, 1.807) is 0 Å². The molecule has 3 heteroatoms. The van der Waals surface area contributed by atoms with Crippen molar-refractivity contribution in [1.82, 2.24) is 0 Å². The predicted octanol–water partition coefficient (Wildman–Crippen LogP) is 16.0. The highest BCUT2D eigenvalue weighted by Gasteiger charge is 2.50. The summed E-state index contributed by atoms with van der Waals surface area (Å²) in [4.78, 5) is 4.69. The minimum absolute atomic E-state index is 0.576. The Balaban J connectivity index is 1.11. The number of fused-ring (bicyclic) bond motifs is 12. The molecule has 0 fully saturated rings. The number of anilines is 6. The van der Waals surface area contributed by atoms with Crippen LogP contribution in [0.1, 0.15) is 22.3 Å². The molecule has 0 aliphatic heterocycles. The fraction of sp³-hybridized carbons (Fsp3) is 0.0169. The summed E-state index contributed by atoms with van der Waals surface area (Å²) in [5.41, 5.74) is 17.9. The summed E-state index contributed by atoms with van der Waals surface area (Å²) < 4.78 is 7.00. The van der Waals surface area contributed by atoms with Crippen molar-refractivity contribution in [2.24, 2.45) is 0 Å². The number of rotatable bonds is 6. The largest absolute Gasteiger partial charge is 0.456 e. The van der Waals surface area contributed by atoms with E-state index in [1.807, 2.05) is 0 Å². The average Bonchev–Trinajstić information content (AvgIpc) is 3.85. The van der Waals surface area contributed by atoms with Gasteiger partial charge in [0.15, 0.2) is 0 Å². The van der Waals surface area contributed by atoms with Crippen molar-refractivity contribution in [3.05, 3.63) is 253 Å². The number of hydrogen-bond acceptors (Lipinski definition) is 3. The van der Waals surface area contributed by atoms with Gasteiger partial charge < -0.3 is 14.2 Å². The van der Waals surface area contributed by atoms with Crippen LogP contribution in [0.25, 0.3) is 55.0 Å². The van der Waals surface area contributed by atoms with Gasteiger partial charge in [-0.15, -0.1) is 0 Å². The molecule has 0 atom stereocenters. The molecule has 10 aromatic carbocycles. The number of hydrogen-bond donors (Lipinski definition) is 0. The van der Waals surface area contributed by atoms with Gasteiger partial charge in [0.1, 0.15) is 11.2 Å². The van der Waals surface area contributed by atoms with Crippen LogP contribution in [-0.4, -0.2) is 0 Å². The van der Waals surface area contributed by atoms with Crippen LogP contribution in [-0.2, 0) is 5.41 Å². The second kappa shape index (κ2) is 13.4. The van der Waals surface area contributed by atoms with Crippen molar-refractivity contribution < 1.29 is 4.42 Å². The molecule has 0 bridgehead atoms. The van der Waals surface area contributed by atoms with Crippen LogP contribution in [0.2, 0.25) is 0 Å². The van der Waals surface area contributed by atoms with E-state index in [-0.39, 0.29) is 0 Å². The van der Waals surface area contributed by atoms with Crippen LogP contribution in [0.5, 0.6) is 0 Å². The third-order valence-corrected chi connectivity index (χ3v) is 13.2. The molecule has 3 nitrogen and oxygen atoms in total. The quantitative estimate of drug-likeness (QED) is 0.167. The van der Waals surface area contributed by atoms with E-state index in [9.17, 15) is 0 Å². The Hall–Kier alpha value is -8.14. The van der Waals surface area contributed by atoms with Crippen LogP contribution in [0.15, 0.2) is 235 Å². The first kappa shape index (κ1) is 34.7. The van der Waals surface area contributed by atoms with Crippen LogP contribution in [0.3, 0.4) is 0 Å². The second-order valence-corrected chi connectivity index (χ2v) is 16.4. The second-order valence-electron chi connectivity index (χ2n) is 16.4. The van der Waals surface area contributed by atoms with Crippen LogP contribution in [0.4, 0.5) is 34.1 Å². The molecule has 11 aromatic rings. The molecule has 1 aromatic heterocycles. The molecule has 0 unspecified atom stereocenters. The van der Waals surface area contributed by atoms with Gasteiger partial charge in [-0.3, -0.25) is 0 Å². The van der Waals surface area contributed by atoms with Gasteiger partial charge in [0, 0.05) is 50.7 Å². The van der Waals surface area contributed by atoms with Gasteiger partial charge in [0.25, 0.3) is 0 Å². The summed E-state index contributed by atoms with van der Waals surface area (Å²) in [5.74, 6) is 0. The van der Waals surface area contributed by atoms with Crippen molar-refractivity contribution >= 4 is 66.8 Å². The van der Waals surface area contributed by atoms with Gasteiger partial charge in [-0.2, -0.15) is 0 Å². The van der Waals surface area contributed by atoms with Crippen molar-refractivity contribution in [2.45, 2.75) is 5.41 Å². The normalized spacial score (nSPS) is 13.0. The molecule has 1 spiro atoms. The molecular weight excluding hydrogens is 753 g/mol. The minimum Gasteiger partial charge on any atom is -0.456 e. The average molecular weight is 791 g/mol. The minimum atomic E-state index is -0.576. The summed E-state index contributed by atoms with van der Waals surface area (Å²) in [6.45, 7) is 0. The molecule has 2 aliphatic rings. The number of furan rings is 1. The van der Waals surface area contributed by atoms with Gasteiger partial charge in [0.05, 0.1) is 11.1 Å². The third kappa shape index (κ3) is 4.88. The summed E-state index contributed by atoms with van der Waals surface area (Å²) >= 11 is 0. The SMILES string of the molecule is c1ccc(N(c2ccccc2)c2ccc3c(c2)oc2cc4c(cc23)C2(c3ccccc3-c3ccccc32)c2cccc3c(N(c5ccccc5)c5ccccc5)ccc-4c23)cc1. The molecule has 1 heterocycles. The van der Waals surface area contributed by atoms with Crippen LogP contribution < -0.4 is 9.80 Å². The maximum Gasteiger partial charge on any atom is 0.137 e. The molecule has 13 rings (SSSR count). The Labute approximate surface area is 360 Å².